The number of ketones is 1. The van der Waals surface area contributed by atoms with Gasteiger partial charge in [-0.05, 0) is 24.0 Å². The second-order valence-electron chi connectivity index (χ2n) is 5.19. The van der Waals surface area contributed by atoms with Gasteiger partial charge in [-0.1, -0.05) is 32.1 Å². The van der Waals surface area contributed by atoms with Gasteiger partial charge < -0.3 is 5.11 Å². The van der Waals surface area contributed by atoms with Crippen molar-refractivity contribution in [1.82, 2.24) is 4.98 Å². The molecule has 0 amide bonds. The number of thiazole rings is 1. The summed E-state index contributed by atoms with van der Waals surface area (Å²) in [6.45, 7) is 4.11. The summed E-state index contributed by atoms with van der Waals surface area (Å²) in [5, 5.41) is 12.4. The molecule has 0 aliphatic heterocycles. The van der Waals surface area contributed by atoms with Crippen molar-refractivity contribution in [3.63, 3.8) is 0 Å². The van der Waals surface area contributed by atoms with E-state index in [4.69, 9.17) is 0 Å². The fraction of sp³-hybridized carbons (Fsp3) is 0.250. The number of rotatable bonds is 3. The molecule has 0 atom stereocenters. The van der Waals surface area contributed by atoms with Crippen LogP contribution in [-0.2, 0) is 6.42 Å². The van der Waals surface area contributed by atoms with E-state index in [1.807, 2.05) is 17.5 Å². The molecular weight excluding hydrogens is 270 g/mol. The van der Waals surface area contributed by atoms with Crippen molar-refractivity contribution in [2.45, 2.75) is 26.2 Å². The molecule has 3 rings (SSSR count). The quantitative estimate of drug-likeness (QED) is 0.873. The van der Waals surface area contributed by atoms with Crippen LogP contribution in [0.3, 0.4) is 0 Å². The van der Waals surface area contributed by atoms with Gasteiger partial charge in [-0.2, -0.15) is 0 Å². The third-order valence-corrected chi connectivity index (χ3v) is 4.34. The van der Waals surface area contributed by atoms with Gasteiger partial charge in [-0.25, -0.2) is 4.98 Å². The standard InChI is InChI=1S/C16H15NO2S/c1-9(2)12-8-20-16(17-12)15(19)11-7-6-10-4-3-5-13(18)14(10)11/h3-5,7-9,18H,6H2,1-2H3. The Labute approximate surface area is 121 Å². The highest BCUT2D eigenvalue weighted by Gasteiger charge is 2.26. The SMILES string of the molecule is CC(C)c1csc(C(=O)C2=CCc3cccc(O)c32)n1. The zero-order valence-corrected chi connectivity index (χ0v) is 12.2. The number of Topliss-reactive ketones (excluding diaryl/α,β-unsaturated/α-hetero) is 1. The maximum absolute atomic E-state index is 12.6. The largest absolute Gasteiger partial charge is 0.507 e. The van der Waals surface area contributed by atoms with E-state index in [2.05, 4.69) is 18.8 Å². The van der Waals surface area contributed by atoms with Gasteiger partial charge in [0.05, 0.1) is 5.69 Å². The first-order valence-electron chi connectivity index (χ1n) is 6.59. The molecule has 0 radical (unpaired) electrons. The Morgan fingerprint density at radius 3 is 2.90 bits per heavy atom. The van der Waals surface area contributed by atoms with E-state index in [0.717, 1.165) is 11.3 Å². The number of carbonyl (C=O) groups excluding carboxylic acids is 1. The predicted octanol–water partition coefficient (Wildman–Crippen LogP) is 3.79. The third-order valence-electron chi connectivity index (χ3n) is 3.48. The fourth-order valence-corrected chi connectivity index (χ4v) is 3.29. The van der Waals surface area contributed by atoms with Crippen LogP contribution in [0.2, 0.25) is 0 Å². The molecule has 1 aliphatic rings. The summed E-state index contributed by atoms with van der Waals surface area (Å²) in [4.78, 5) is 17.0. The number of phenols is 1. The topological polar surface area (TPSA) is 50.2 Å². The fourth-order valence-electron chi connectivity index (χ4n) is 2.36. The molecule has 0 bridgehead atoms. The minimum Gasteiger partial charge on any atom is -0.507 e. The lowest BCUT2D eigenvalue weighted by Crippen LogP contribution is -2.02. The molecule has 0 unspecified atom stereocenters. The van der Waals surface area contributed by atoms with Crippen molar-refractivity contribution in [2.24, 2.45) is 0 Å². The number of hydrogen-bond donors (Lipinski definition) is 1. The number of benzene rings is 1. The summed E-state index contributed by atoms with van der Waals surface area (Å²) in [5.41, 5.74) is 3.17. The van der Waals surface area contributed by atoms with Crippen molar-refractivity contribution >= 4 is 22.7 Å². The number of fused-ring (bicyclic) bond motifs is 1. The van der Waals surface area contributed by atoms with Gasteiger partial charge in [0.25, 0.3) is 0 Å². The number of phenolic OH excluding ortho intramolecular Hbond substituents is 1. The highest BCUT2D eigenvalue weighted by molar-refractivity contribution is 7.12. The average molecular weight is 285 g/mol. The molecule has 0 saturated carbocycles. The molecule has 0 saturated heterocycles. The van der Waals surface area contributed by atoms with E-state index in [0.29, 0.717) is 28.5 Å². The van der Waals surface area contributed by atoms with Gasteiger partial charge in [0.2, 0.25) is 5.78 Å². The van der Waals surface area contributed by atoms with Gasteiger partial charge in [0.1, 0.15) is 5.75 Å². The van der Waals surface area contributed by atoms with Gasteiger partial charge in [0, 0.05) is 16.5 Å². The zero-order chi connectivity index (χ0) is 14.3. The lowest BCUT2D eigenvalue weighted by Gasteiger charge is -2.06. The second kappa shape index (κ2) is 4.87. The van der Waals surface area contributed by atoms with E-state index < -0.39 is 0 Å². The van der Waals surface area contributed by atoms with Crippen molar-refractivity contribution in [2.75, 3.05) is 0 Å². The Balaban J connectivity index is 1.97. The van der Waals surface area contributed by atoms with Crippen LogP contribution in [0, 0.1) is 0 Å². The summed E-state index contributed by atoms with van der Waals surface area (Å²) >= 11 is 1.37. The number of aromatic hydroxyl groups is 1. The number of aromatic nitrogens is 1. The summed E-state index contributed by atoms with van der Waals surface area (Å²) in [5.74, 6) is 0.383. The third kappa shape index (κ3) is 2.06. The average Bonchev–Trinajstić information content (AvgIpc) is 3.05. The van der Waals surface area contributed by atoms with Gasteiger partial charge in [-0.3, -0.25) is 4.79 Å². The molecule has 0 spiro atoms. The maximum atomic E-state index is 12.6. The Morgan fingerprint density at radius 2 is 2.20 bits per heavy atom. The molecule has 0 fully saturated rings. The van der Waals surface area contributed by atoms with Gasteiger partial charge in [-0.15, -0.1) is 11.3 Å². The van der Waals surface area contributed by atoms with E-state index in [1.165, 1.54) is 11.3 Å². The first-order chi connectivity index (χ1) is 9.58. The highest BCUT2D eigenvalue weighted by Crippen LogP contribution is 2.36. The number of nitrogens with zero attached hydrogens (tertiary/aromatic N) is 1. The summed E-state index contributed by atoms with van der Waals surface area (Å²) < 4.78 is 0. The molecule has 3 nitrogen and oxygen atoms in total. The Bertz CT molecular complexity index is 713. The van der Waals surface area contributed by atoms with Crippen LogP contribution in [0.25, 0.3) is 5.57 Å². The van der Waals surface area contributed by atoms with Gasteiger partial charge in [0.15, 0.2) is 5.01 Å². The second-order valence-corrected chi connectivity index (χ2v) is 6.05. The highest BCUT2D eigenvalue weighted by atomic mass is 32.1. The van der Waals surface area contributed by atoms with Crippen molar-refractivity contribution in [3.05, 3.63) is 51.5 Å². The van der Waals surface area contributed by atoms with Crippen LogP contribution < -0.4 is 0 Å². The van der Waals surface area contributed by atoms with Crippen LogP contribution in [0.5, 0.6) is 5.75 Å². The normalized spacial score (nSPS) is 13.4. The smallest absolute Gasteiger partial charge is 0.221 e. The number of hydrogen-bond acceptors (Lipinski definition) is 4. The Morgan fingerprint density at radius 1 is 1.40 bits per heavy atom. The maximum Gasteiger partial charge on any atom is 0.221 e. The van der Waals surface area contributed by atoms with E-state index in [-0.39, 0.29) is 11.5 Å². The van der Waals surface area contributed by atoms with Gasteiger partial charge >= 0.3 is 0 Å². The molecular formula is C16H15NO2S. The van der Waals surface area contributed by atoms with Crippen LogP contribution in [0.15, 0.2) is 29.7 Å². The summed E-state index contributed by atoms with van der Waals surface area (Å²) in [6, 6.07) is 5.36. The molecule has 1 N–H and O–H groups in total. The number of allylic oxidation sites excluding steroid dienone is 2. The van der Waals surface area contributed by atoms with E-state index >= 15 is 0 Å². The molecule has 1 aromatic heterocycles. The zero-order valence-electron chi connectivity index (χ0n) is 11.4. The Kier molecular flexibility index (Phi) is 3.18. The van der Waals surface area contributed by atoms with Crippen molar-refractivity contribution in [3.8, 4) is 5.75 Å². The summed E-state index contributed by atoms with van der Waals surface area (Å²) in [7, 11) is 0. The lowest BCUT2D eigenvalue weighted by atomic mass is 10.0. The molecule has 20 heavy (non-hydrogen) atoms. The summed E-state index contributed by atoms with van der Waals surface area (Å²) in [6.07, 6.45) is 2.57. The first kappa shape index (κ1) is 13.1. The predicted molar refractivity (Wildman–Crippen MR) is 80.3 cm³/mol. The first-order valence-corrected chi connectivity index (χ1v) is 7.47. The van der Waals surface area contributed by atoms with Crippen LogP contribution >= 0.6 is 11.3 Å². The molecule has 4 heteroatoms. The minimum absolute atomic E-state index is 0.0952. The monoisotopic (exact) mass is 285 g/mol. The van der Waals surface area contributed by atoms with Crippen molar-refractivity contribution in [1.29, 1.82) is 0 Å². The molecule has 1 aliphatic carbocycles. The Hall–Kier alpha value is -1.94. The van der Waals surface area contributed by atoms with E-state index in [9.17, 15) is 9.90 Å². The molecule has 2 aromatic rings. The lowest BCUT2D eigenvalue weighted by molar-refractivity contribution is 0.105. The van der Waals surface area contributed by atoms with E-state index in [1.54, 1.807) is 12.1 Å². The van der Waals surface area contributed by atoms with Crippen LogP contribution in [0.1, 0.15) is 46.4 Å². The molecule has 102 valence electrons. The number of carbonyl (C=O) groups is 1. The van der Waals surface area contributed by atoms with Crippen LogP contribution in [-0.4, -0.2) is 15.9 Å². The van der Waals surface area contributed by atoms with Crippen molar-refractivity contribution < 1.29 is 9.90 Å². The molecule has 1 heterocycles. The van der Waals surface area contributed by atoms with Crippen LogP contribution in [0.4, 0.5) is 0 Å². The minimum atomic E-state index is -0.0952. The molecule has 1 aromatic carbocycles.